The fourth-order valence-corrected chi connectivity index (χ4v) is 2.26. The van der Waals surface area contributed by atoms with E-state index >= 15 is 0 Å². The average molecular weight is 279 g/mol. The van der Waals surface area contributed by atoms with Gasteiger partial charge in [-0.15, -0.1) is 0 Å². The lowest BCUT2D eigenvalue weighted by Gasteiger charge is -2.27. The molecule has 112 valence electrons. The van der Waals surface area contributed by atoms with E-state index in [9.17, 15) is 9.18 Å². The number of anilines is 1. The first-order chi connectivity index (χ1) is 9.51. The summed E-state index contributed by atoms with van der Waals surface area (Å²) in [4.78, 5) is 14.0. The minimum atomic E-state index is -0.301. The van der Waals surface area contributed by atoms with Gasteiger partial charge in [0.1, 0.15) is 5.82 Å². The highest BCUT2D eigenvalue weighted by Gasteiger charge is 2.16. The lowest BCUT2D eigenvalue weighted by molar-refractivity contribution is 0.101. The van der Waals surface area contributed by atoms with E-state index in [1.165, 1.54) is 13.0 Å². The zero-order valence-corrected chi connectivity index (χ0v) is 13.1. The van der Waals surface area contributed by atoms with Crippen molar-refractivity contribution in [2.45, 2.75) is 53.4 Å². The van der Waals surface area contributed by atoms with Gasteiger partial charge >= 0.3 is 0 Å². The monoisotopic (exact) mass is 279 g/mol. The van der Waals surface area contributed by atoms with Crippen molar-refractivity contribution in [3.05, 3.63) is 29.1 Å². The summed E-state index contributed by atoms with van der Waals surface area (Å²) < 4.78 is 13.7. The van der Waals surface area contributed by atoms with Crippen molar-refractivity contribution in [2.24, 2.45) is 0 Å². The molecule has 0 saturated heterocycles. The van der Waals surface area contributed by atoms with Crippen LogP contribution in [0.5, 0.6) is 0 Å². The number of hydrogen-bond acceptors (Lipinski definition) is 2. The fraction of sp³-hybridized carbons (Fsp3) is 0.588. The van der Waals surface area contributed by atoms with Crippen LogP contribution < -0.4 is 4.90 Å². The molecule has 20 heavy (non-hydrogen) atoms. The SMILES string of the molecule is CCCCN(CCCC)c1cc(C)c(F)cc1C(C)=O. The van der Waals surface area contributed by atoms with Crippen LogP contribution in [0.3, 0.4) is 0 Å². The van der Waals surface area contributed by atoms with Crippen molar-refractivity contribution in [1.29, 1.82) is 0 Å². The van der Waals surface area contributed by atoms with Crippen LogP contribution >= 0.6 is 0 Å². The number of nitrogens with zero attached hydrogens (tertiary/aromatic N) is 1. The minimum absolute atomic E-state index is 0.0723. The number of rotatable bonds is 8. The molecule has 0 N–H and O–H groups in total. The summed E-state index contributed by atoms with van der Waals surface area (Å²) in [7, 11) is 0. The molecule has 0 aliphatic heterocycles. The van der Waals surface area contributed by atoms with Gasteiger partial charge in [0.05, 0.1) is 0 Å². The van der Waals surface area contributed by atoms with Gasteiger partial charge in [0, 0.05) is 24.3 Å². The summed E-state index contributed by atoms with van der Waals surface area (Å²) in [6, 6.07) is 3.20. The van der Waals surface area contributed by atoms with Crippen LogP contribution in [-0.2, 0) is 0 Å². The summed E-state index contributed by atoms with van der Waals surface area (Å²) in [5.74, 6) is -0.373. The van der Waals surface area contributed by atoms with E-state index in [2.05, 4.69) is 18.7 Å². The topological polar surface area (TPSA) is 20.3 Å². The van der Waals surface area contributed by atoms with Crippen LogP contribution in [-0.4, -0.2) is 18.9 Å². The van der Waals surface area contributed by atoms with Crippen molar-refractivity contribution in [1.82, 2.24) is 0 Å². The Morgan fingerprint density at radius 2 is 1.70 bits per heavy atom. The van der Waals surface area contributed by atoms with Crippen molar-refractivity contribution >= 4 is 11.5 Å². The summed E-state index contributed by atoms with van der Waals surface area (Å²) >= 11 is 0. The van der Waals surface area contributed by atoms with Crippen LogP contribution in [0.2, 0.25) is 0 Å². The van der Waals surface area contributed by atoms with E-state index in [1.807, 2.05) is 6.07 Å². The minimum Gasteiger partial charge on any atom is -0.371 e. The van der Waals surface area contributed by atoms with Crippen molar-refractivity contribution in [3.8, 4) is 0 Å². The Morgan fingerprint density at radius 1 is 1.15 bits per heavy atom. The first-order valence-electron chi connectivity index (χ1n) is 7.57. The highest BCUT2D eigenvalue weighted by molar-refractivity contribution is 5.99. The van der Waals surface area contributed by atoms with Crippen LogP contribution in [0.25, 0.3) is 0 Å². The molecule has 0 bridgehead atoms. The van der Waals surface area contributed by atoms with Crippen LogP contribution in [0, 0.1) is 12.7 Å². The lowest BCUT2D eigenvalue weighted by Crippen LogP contribution is -2.27. The molecule has 0 atom stereocenters. The Morgan fingerprint density at radius 3 is 2.15 bits per heavy atom. The van der Waals surface area contributed by atoms with Gasteiger partial charge in [0.15, 0.2) is 5.78 Å². The second-order valence-electron chi connectivity index (χ2n) is 5.37. The molecule has 1 aromatic carbocycles. The van der Waals surface area contributed by atoms with Gasteiger partial charge < -0.3 is 4.90 Å². The van der Waals surface area contributed by atoms with Gasteiger partial charge in [-0.3, -0.25) is 4.79 Å². The largest absolute Gasteiger partial charge is 0.371 e. The van der Waals surface area contributed by atoms with Gasteiger partial charge in [0.25, 0.3) is 0 Å². The van der Waals surface area contributed by atoms with Crippen molar-refractivity contribution < 1.29 is 9.18 Å². The smallest absolute Gasteiger partial charge is 0.161 e. The van der Waals surface area contributed by atoms with E-state index in [4.69, 9.17) is 0 Å². The summed E-state index contributed by atoms with van der Waals surface area (Å²) in [5.41, 5.74) is 1.99. The molecule has 0 unspecified atom stereocenters. The molecule has 0 spiro atoms. The van der Waals surface area contributed by atoms with E-state index < -0.39 is 0 Å². The van der Waals surface area contributed by atoms with Crippen LogP contribution in [0.15, 0.2) is 12.1 Å². The highest BCUT2D eigenvalue weighted by atomic mass is 19.1. The number of Topliss-reactive ketones (excluding diaryl/α,β-unsaturated/α-hetero) is 1. The van der Waals surface area contributed by atoms with Gasteiger partial charge in [-0.05, 0) is 44.4 Å². The van der Waals surface area contributed by atoms with Crippen LogP contribution in [0.4, 0.5) is 10.1 Å². The molecule has 0 amide bonds. The Bertz CT molecular complexity index is 449. The lowest BCUT2D eigenvalue weighted by atomic mass is 10.0. The number of aryl methyl sites for hydroxylation is 1. The molecule has 0 saturated carbocycles. The van der Waals surface area contributed by atoms with E-state index in [1.54, 1.807) is 6.92 Å². The maximum Gasteiger partial charge on any atom is 0.161 e. The standard InChI is InChI=1S/C17H26FNO/c1-5-7-9-19(10-8-6-2)17-11-13(3)16(18)12-15(17)14(4)20/h11-12H,5-10H2,1-4H3. The third-order valence-electron chi connectivity index (χ3n) is 3.56. The second-order valence-corrected chi connectivity index (χ2v) is 5.37. The molecule has 1 rings (SSSR count). The zero-order valence-electron chi connectivity index (χ0n) is 13.1. The van der Waals surface area contributed by atoms with Crippen molar-refractivity contribution in [2.75, 3.05) is 18.0 Å². The fourth-order valence-electron chi connectivity index (χ4n) is 2.26. The number of benzene rings is 1. The van der Waals surface area contributed by atoms with Gasteiger partial charge in [-0.1, -0.05) is 26.7 Å². The maximum absolute atomic E-state index is 13.7. The molecule has 1 aromatic rings. The summed E-state index contributed by atoms with van der Waals surface area (Å²) in [5, 5.41) is 0. The molecule has 0 aliphatic carbocycles. The van der Waals surface area contributed by atoms with Crippen LogP contribution in [0.1, 0.15) is 62.4 Å². The Kier molecular flexibility index (Phi) is 6.69. The molecular formula is C17H26FNO. The molecule has 0 aliphatic rings. The van der Waals surface area contributed by atoms with E-state index in [0.29, 0.717) is 11.1 Å². The third kappa shape index (κ3) is 4.32. The Balaban J connectivity index is 3.15. The van der Waals surface area contributed by atoms with E-state index in [0.717, 1.165) is 44.5 Å². The van der Waals surface area contributed by atoms with Gasteiger partial charge in [0.2, 0.25) is 0 Å². The predicted molar refractivity (Wildman–Crippen MR) is 83.2 cm³/mol. The number of unbranched alkanes of at least 4 members (excludes halogenated alkanes) is 2. The zero-order chi connectivity index (χ0) is 15.1. The molecule has 0 radical (unpaired) electrons. The number of hydrogen-bond donors (Lipinski definition) is 0. The molecule has 2 nitrogen and oxygen atoms in total. The number of carbonyl (C=O) groups excluding carboxylic acids is 1. The Hall–Kier alpha value is -1.38. The number of carbonyl (C=O) groups is 1. The first kappa shape index (κ1) is 16.7. The third-order valence-corrected chi connectivity index (χ3v) is 3.56. The normalized spacial score (nSPS) is 10.7. The average Bonchev–Trinajstić information content (AvgIpc) is 2.41. The van der Waals surface area contributed by atoms with Gasteiger partial charge in [-0.2, -0.15) is 0 Å². The van der Waals surface area contributed by atoms with Crippen molar-refractivity contribution in [3.63, 3.8) is 0 Å². The quantitative estimate of drug-likeness (QED) is 0.640. The summed E-state index contributed by atoms with van der Waals surface area (Å²) in [6.07, 6.45) is 4.38. The van der Waals surface area contributed by atoms with Gasteiger partial charge in [-0.25, -0.2) is 4.39 Å². The highest BCUT2D eigenvalue weighted by Crippen LogP contribution is 2.26. The molecule has 0 fully saturated rings. The first-order valence-corrected chi connectivity index (χ1v) is 7.57. The molecule has 3 heteroatoms. The summed E-state index contributed by atoms with van der Waals surface area (Å²) in [6.45, 7) is 9.40. The predicted octanol–water partition coefficient (Wildman–Crippen LogP) is 4.74. The van der Waals surface area contributed by atoms with E-state index in [-0.39, 0.29) is 11.6 Å². The Labute approximate surface area is 122 Å². The number of halogens is 1. The molecular weight excluding hydrogens is 253 g/mol. The second kappa shape index (κ2) is 8.03. The molecule has 0 heterocycles. The number of ketones is 1. The maximum atomic E-state index is 13.7. The molecule has 0 aromatic heterocycles.